The molecule has 5 rings (SSSR count). The summed E-state index contributed by atoms with van der Waals surface area (Å²) in [7, 11) is 1.67. The molecule has 0 spiro atoms. The van der Waals surface area contributed by atoms with Crippen molar-refractivity contribution in [2.24, 2.45) is 0 Å². The quantitative estimate of drug-likeness (QED) is 0.201. The van der Waals surface area contributed by atoms with Crippen LogP contribution in [0.25, 0.3) is 21.8 Å². The molecule has 0 aliphatic carbocycles. The van der Waals surface area contributed by atoms with Crippen molar-refractivity contribution in [1.82, 2.24) is 19.4 Å². The number of piperidine rings is 1. The third-order valence-electron chi connectivity index (χ3n) is 8.60. The van der Waals surface area contributed by atoms with Crippen molar-refractivity contribution < 1.29 is 23.8 Å². The van der Waals surface area contributed by atoms with E-state index in [0.717, 1.165) is 46.9 Å². The van der Waals surface area contributed by atoms with Crippen molar-refractivity contribution in [2.45, 2.75) is 76.9 Å². The third-order valence-corrected chi connectivity index (χ3v) is 8.60. The number of aryl methyl sites for hydroxylation is 1. The number of likely N-dealkylation sites (tertiary alicyclic amines) is 1. The molecule has 44 heavy (non-hydrogen) atoms. The smallest absolute Gasteiger partial charge is 0.408 e. The lowest BCUT2D eigenvalue weighted by Gasteiger charge is -2.41. The second-order valence-electron chi connectivity index (χ2n) is 12.8. The third kappa shape index (κ3) is 7.04. The Morgan fingerprint density at radius 1 is 1.11 bits per heavy atom. The summed E-state index contributed by atoms with van der Waals surface area (Å²) in [5.74, 6) is 0.450. The highest BCUT2D eigenvalue weighted by Gasteiger charge is 2.37. The summed E-state index contributed by atoms with van der Waals surface area (Å²) >= 11 is 0. The second-order valence-corrected chi connectivity index (χ2v) is 12.8. The van der Waals surface area contributed by atoms with Gasteiger partial charge in [-0.2, -0.15) is 0 Å². The van der Waals surface area contributed by atoms with Gasteiger partial charge >= 0.3 is 6.09 Å². The van der Waals surface area contributed by atoms with Crippen LogP contribution >= 0.6 is 0 Å². The number of ether oxygens (including phenoxy) is 1. The summed E-state index contributed by atoms with van der Waals surface area (Å²) in [5, 5.41) is 12.5. The van der Waals surface area contributed by atoms with Gasteiger partial charge in [-0.3, -0.25) is 9.69 Å². The van der Waals surface area contributed by atoms with Gasteiger partial charge in [-0.1, -0.05) is 42.5 Å². The number of nitrogens with zero attached hydrogens (tertiary/aromatic N) is 4. The van der Waals surface area contributed by atoms with Crippen molar-refractivity contribution >= 4 is 33.8 Å². The molecule has 234 valence electrons. The van der Waals surface area contributed by atoms with Gasteiger partial charge in [0.1, 0.15) is 11.6 Å². The van der Waals surface area contributed by atoms with Crippen LogP contribution in [-0.4, -0.2) is 74.8 Å². The van der Waals surface area contributed by atoms with E-state index in [4.69, 9.17) is 9.72 Å². The number of fused-ring (bicyclic) bond motifs is 2. The molecule has 3 aromatic carbocycles. The van der Waals surface area contributed by atoms with Crippen LogP contribution in [0.5, 0.6) is 0 Å². The topological polar surface area (TPSA) is 87.9 Å². The van der Waals surface area contributed by atoms with Crippen LogP contribution in [0.3, 0.4) is 0 Å². The average molecular weight is 603 g/mol. The Balaban J connectivity index is 1.39. The van der Waals surface area contributed by atoms with Gasteiger partial charge in [-0.25, -0.2) is 14.2 Å². The highest BCUT2D eigenvalue weighted by atomic mass is 19.1. The van der Waals surface area contributed by atoms with Gasteiger partial charge in [0.2, 0.25) is 5.91 Å². The fourth-order valence-corrected chi connectivity index (χ4v) is 6.66. The minimum atomic E-state index is -1.04. The highest BCUT2D eigenvalue weighted by molar-refractivity contribution is 5.83. The number of carbonyl (C=O) groups is 2. The summed E-state index contributed by atoms with van der Waals surface area (Å²) in [4.78, 5) is 34.7. The van der Waals surface area contributed by atoms with E-state index >= 15 is 0 Å². The van der Waals surface area contributed by atoms with Gasteiger partial charge < -0.3 is 19.3 Å². The number of hydrogen-bond acceptors (Lipinski definition) is 4. The van der Waals surface area contributed by atoms with E-state index in [-0.39, 0.29) is 24.1 Å². The number of carboxylic acid groups (broad SMARTS) is 1. The van der Waals surface area contributed by atoms with Gasteiger partial charge in [-0.05, 0) is 74.9 Å². The van der Waals surface area contributed by atoms with Crippen LogP contribution in [0.1, 0.15) is 63.8 Å². The molecule has 1 fully saturated rings. The Morgan fingerprint density at radius 3 is 2.61 bits per heavy atom. The molecule has 2 heterocycles. The van der Waals surface area contributed by atoms with Crippen LogP contribution in [0, 0.1) is 5.82 Å². The van der Waals surface area contributed by atoms with E-state index in [1.165, 1.54) is 17.0 Å². The Morgan fingerprint density at radius 2 is 1.89 bits per heavy atom. The first-order chi connectivity index (χ1) is 21.0. The number of halogens is 1. The molecule has 0 saturated carbocycles. The second kappa shape index (κ2) is 13.3. The van der Waals surface area contributed by atoms with Crippen LogP contribution in [-0.2, 0) is 22.5 Å². The fourth-order valence-electron chi connectivity index (χ4n) is 6.66. The predicted molar refractivity (Wildman–Crippen MR) is 170 cm³/mol. The largest absolute Gasteiger partial charge is 0.465 e. The lowest BCUT2D eigenvalue weighted by Crippen LogP contribution is -2.54. The Bertz CT molecular complexity index is 1630. The first kappa shape index (κ1) is 31.4. The molecule has 1 aliphatic rings. The van der Waals surface area contributed by atoms with E-state index in [0.29, 0.717) is 38.2 Å². The summed E-state index contributed by atoms with van der Waals surface area (Å²) in [5.41, 5.74) is 1.78. The van der Waals surface area contributed by atoms with Crippen molar-refractivity contribution in [3.8, 4) is 0 Å². The van der Waals surface area contributed by atoms with E-state index in [9.17, 15) is 19.1 Å². The number of carbonyl (C=O) groups excluding carboxylic acids is 1. The average Bonchev–Trinajstić information content (AvgIpc) is 3.33. The fraction of sp³-hybridized carbons (Fsp3) is 0.457. The van der Waals surface area contributed by atoms with Crippen LogP contribution in [0.4, 0.5) is 9.18 Å². The molecule has 1 aromatic heterocycles. The normalized spacial score (nSPS) is 16.4. The molecular formula is C35H43FN4O4. The van der Waals surface area contributed by atoms with Crippen molar-refractivity contribution in [1.29, 1.82) is 0 Å². The molecule has 8 nitrogen and oxygen atoms in total. The number of imidazole rings is 1. The van der Waals surface area contributed by atoms with Crippen LogP contribution < -0.4 is 0 Å². The van der Waals surface area contributed by atoms with E-state index < -0.39 is 17.7 Å². The van der Waals surface area contributed by atoms with Gasteiger partial charge in [0, 0.05) is 63.3 Å². The molecule has 4 aromatic rings. The maximum atomic E-state index is 14.1. The van der Waals surface area contributed by atoms with Crippen LogP contribution in [0.15, 0.2) is 60.7 Å². The van der Waals surface area contributed by atoms with Crippen molar-refractivity contribution in [3.63, 3.8) is 0 Å². The molecule has 9 heteroatoms. The predicted octanol–water partition coefficient (Wildman–Crippen LogP) is 6.85. The molecule has 0 bridgehead atoms. The summed E-state index contributed by atoms with van der Waals surface area (Å²) in [6.45, 7) is 7.98. The van der Waals surface area contributed by atoms with Gasteiger partial charge in [-0.15, -0.1) is 0 Å². The van der Waals surface area contributed by atoms with Gasteiger partial charge in [0.15, 0.2) is 0 Å². The molecular weight excluding hydrogens is 559 g/mol. The molecule has 1 aliphatic heterocycles. The van der Waals surface area contributed by atoms with Crippen LogP contribution in [0.2, 0.25) is 0 Å². The number of hydrogen-bond donors (Lipinski definition) is 1. The molecule has 1 N–H and O–H groups in total. The number of benzene rings is 3. The Labute approximate surface area is 258 Å². The zero-order valence-corrected chi connectivity index (χ0v) is 26.1. The molecule has 1 saturated heterocycles. The summed E-state index contributed by atoms with van der Waals surface area (Å²) < 4.78 is 21.5. The number of methoxy groups -OCH3 is 1. The Hall–Kier alpha value is -3.98. The number of aromatic nitrogens is 2. The van der Waals surface area contributed by atoms with E-state index in [1.54, 1.807) is 13.2 Å². The minimum absolute atomic E-state index is 0.0113. The zero-order chi connectivity index (χ0) is 31.4. The summed E-state index contributed by atoms with van der Waals surface area (Å²) in [6.07, 6.45) is 1.93. The standard InChI is InChI=1S/C35H43FN4O4/c1-35(2,3)40(34(42)43)29(20-24-12-13-25-9-5-6-10-26(25)19-24)22-32(41)38-16-7-11-27(23-38)33-37-30-21-28(36)14-15-31(30)39(33)17-8-18-44-4/h5-6,9-10,12-15,19,21,27,29H,7-8,11,16-18,20,22-23H2,1-4H3,(H,42,43)/t27-,29-/m1/s1. The lowest BCUT2D eigenvalue weighted by molar-refractivity contribution is -0.134. The molecule has 2 atom stereocenters. The molecule has 0 radical (unpaired) electrons. The lowest BCUT2D eigenvalue weighted by atomic mass is 9.93. The van der Waals surface area contributed by atoms with Crippen molar-refractivity contribution in [2.75, 3.05) is 26.8 Å². The zero-order valence-electron chi connectivity index (χ0n) is 26.1. The maximum Gasteiger partial charge on any atom is 0.408 e. The SMILES string of the molecule is COCCCn1c([C@@H]2CCCN(C(=O)C[C@@H](Cc3ccc4ccccc4c3)N(C(=O)O)C(C)(C)C)C2)nc2cc(F)ccc21. The first-order valence-corrected chi connectivity index (χ1v) is 15.5. The van der Waals surface area contributed by atoms with Gasteiger partial charge in [0.05, 0.1) is 11.0 Å². The molecule has 0 unspecified atom stereocenters. The van der Waals surface area contributed by atoms with E-state index in [1.807, 2.05) is 62.1 Å². The van der Waals surface area contributed by atoms with E-state index in [2.05, 4.69) is 10.6 Å². The monoisotopic (exact) mass is 602 g/mol. The van der Waals surface area contributed by atoms with Gasteiger partial charge in [0.25, 0.3) is 0 Å². The number of amides is 2. The number of rotatable bonds is 10. The minimum Gasteiger partial charge on any atom is -0.465 e. The first-order valence-electron chi connectivity index (χ1n) is 15.5. The molecule has 2 amide bonds. The summed E-state index contributed by atoms with van der Waals surface area (Å²) in [6, 6.07) is 18.4. The van der Waals surface area contributed by atoms with Crippen molar-refractivity contribution in [3.05, 3.63) is 77.9 Å². The maximum absolute atomic E-state index is 14.1. The Kier molecular flexibility index (Phi) is 9.53. The highest BCUT2D eigenvalue weighted by Crippen LogP contribution is 2.31.